The van der Waals surface area contributed by atoms with Crippen LogP contribution in [0.3, 0.4) is 0 Å². The molecule has 1 aromatic heterocycles. The van der Waals surface area contributed by atoms with Crippen LogP contribution in [0.25, 0.3) is 0 Å². The molecular formula is C26H17Cl2F6N3O5S2. The predicted octanol–water partition coefficient (Wildman–Crippen LogP) is 7.69. The molecule has 0 radical (unpaired) electrons. The standard InChI is InChI=1S/C26H17Cl2F6N3O5S2/c1-14-9-23(24(36-13-14)42-16-4-2-3-15(35)10-16)37(43(38,39)17-5-7-21(27)19(11-17)25(29,30)31)44(40,41)18-6-8-22(28)20(12-18)26(32,33)34/h2-13H,35H2,1H3. The van der Waals surface area contributed by atoms with E-state index in [4.69, 9.17) is 33.7 Å². The molecule has 0 saturated heterocycles. The van der Waals surface area contributed by atoms with Crippen LogP contribution in [0.5, 0.6) is 11.6 Å². The van der Waals surface area contributed by atoms with Crippen molar-refractivity contribution in [2.75, 3.05) is 9.44 Å². The van der Waals surface area contributed by atoms with E-state index in [0.717, 1.165) is 12.3 Å². The largest absolute Gasteiger partial charge is 0.437 e. The average Bonchev–Trinajstić information content (AvgIpc) is 2.89. The summed E-state index contributed by atoms with van der Waals surface area (Å²) >= 11 is 11.3. The van der Waals surface area contributed by atoms with Gasteiger partial charge in [-0.15, -0.1) is 0 Å². The molecule has 1 heterocycles. The average molecular weight is 700 g/mol. The molecule has 44 heavy (non-hydrogen) atoms. The van der Waals surface area contributed by atoms with E-state index in [2.05, 4.69) is 4.98 Å². The lowest BCUT2D eigenvalue weighted by Gasteiger charge is -2.26. The van der Waals surface area contributed by atoms with Crippen LogP contribution in [0, 0.1) is 6.92 Å². The van der Waals surface area contributed by atoms with Crippen molar-refractivity contribution in [1.82, 2.24) is 4.98 Å². The maximum atomic E-state index is 14.0. The van der Waals surface area contributed by atoms with Gasteiger partial charge in [-0.25, -0.2) is 21.8 Å². The van der Waals surface area contributed by atoms with Gasteiger partial charge in [-0.1, -0.05) is 29.3 Å². The van der Waals surface area contributed by atoms with Gasteiger partial charge in [0.15, 0.2) is 0 Å². The molecule has 0 aliphatic rings. The van der Waals surface area contributed by atoms with Crippen LogP contribution in [0.15, 0.2) is 82.7 Å². The number of aromatic nitrogens is 1. The molecule has 2 N–H and O–H groups in total. The fourth-order valence-corrected chi connectivity index (χ4v) is 7.96. The number of nitrogens with zero attached hydrogens (tertiary/aromatic N) is 2. The van der Waals surface area contributed by atoms with E-state index in [1.165, 1.54) is 31.2 Å². The molecule has 0 atom stereocenters. The molecule has 8 nitrogen and oxygen atoms in total. The minimum atomic E-state index is -5.63. The third-order valence-corrected chi connectivity index (χ3v) is 10.6. The SMILES string of the molecule is Cc1cnc(Oc2cccc(N)c2)c(N(S(=O)(=O)c2ccc(Cl)c(C(F)(F)F)c2)S(=O)(=O)c2ccc(Cl)c(C(F)(F)F)c2)c1. The maximum absolute atomic E-state index is 14.0. The van der Waals surface area contributed by atoms with E-state index in [9.17, 15) is 43.2 Å². The molecule has 0 fully saturated rings. The summed E-state index contributed by atoms with van der Waals surface area (Å²) in [7, 11) is -11.3. The van der Waals surface area contributed by atoms with Crippen LogP contribution >= 0.6 is 23.2 Å². The van der Waals surface area contributed by atoms with Crippen LogP contribution < -0.4 is 14.2 Å². The summed E-state index contributed by atoms with van der Waals surface area (Å²) in [6.07, 6.45) is -9.19. The molecule has 4 aromatic rings. The normalized spacial score (nSPS) is 12.7. The minimum Gasteiger partial charge on any atom is -0.437 e. The van der Waals surface area contributed by atoms with Gasteiger partial charge in [-0.05, 0) is 67.1 Å². The number of hydrogen-bond donors (Lipinski definition) is 1. The van der Waals surface area contributed by atoms with Crippen LogP contribution in [-0.4, -0.2) is 21.8 Å². The first-order chi connectivity index (χ1) is 20.2. The van der Waals surface area contributed by atoms with E-state index >= 15 is 0 Å². The van der Waals surface area contributed by atoms with E-state index in [-0.39, 0.29) is 32.8 Å². The quantitative estimate of drug-likeness (QED) is 0.155. The molecule has 4 rings (SSSR count). The number of nitrogen functional groups attached to an aromatic ring is 1. The zero-order chi connectivity index (χ0) is 32.8. The lowest BCUT2D eigenvalue weighted by atomic mass is 10.2. The van der Waals surface area contributed by atoms with Crippen molar-refractivity contribution in [3.63, 3.8) is 0 Å². The van der Waals surface area contributed by atoms with E-state index in [0.29, 0.717) is 24.3 Å². The molecule has 0 amide bonds. The van der Waals surface area contributed by atoms with Gasteiger partial charge in [-0.3, -0.25) is 0 Å². The van der Waals surface area contributed by atoms with Gasteiger partial charge < -0.3 is 10.5 Å². The predicted molar refractivity (Wildman–Crippen MR) is 150 cm³/mol. The molecule has 18 heteroatoms. The smallest absolute Gasteiger partial charge is 0.417 e. The summed E-state index contributed by atoms with van der Waals surface area (Å²) in [5, 5.41) is -1.80. The summed E-state index contributed by atoms with van der Waals surface area (Å²) in [6.45, 7) is 1.37. The second-order valence-corrected chi connectivity index (χ2v) is 13.6. The van der Waals surface area contributed by atoms with Crippen molar-refractivity contribution >= 4 is 54.6 Å². The number of ether oxygens (including phenoxy) is 1. The fraction of sp³-hybridized carbons (Fsp3) is 0.115. The number of alkyl halides is 6. The Morgan fingerprint density at radius 1 is 0.773 bits per heavy atom. The van der Waals surface area contributed by atoms with Crippen molar-refractivity contribution in [3.8, 4) is 11.6 Å². The summed E-state index contributed by atoms with van der Waals surface area (Å²) in [5.41, 5.74) is 1.93. The monoisotopic (exact) mass is 699 g/mol. The number of hydrogen-bond acceptors (Lipinski definition) is 7. The second kappa shape index (κ2) is 11.6. The molecule has 0 bridgehead atoms. The summed E-state index contributed by atoms with van der Waals surface area (Å²) in [5.74, 6) is -0.766. The summed E-state index contributed by atoms with van der Waals surface area (Å²) in [4.78, 5) is 1.50. The van der Waals surface area contributed by atoms with Crippen molar-refractivity contribution in [2.24, 2.45) is 0 Å². The molecule has 0 aliphatic heterocycles. The van der Waals surface area contributed by atoms with Gasteiger partial charge in [0.1, 0.15) is 11.4 Å². The van der Waals surface area contributed by atoms with Crippen molar-refractivity contribution < 1.29 is 47.9 Å². The first-order valence-electron chi connectivity index (χ1n) is 11.8. The lowest BCUT2D eigenvalue weighted by molar-refractivity contribution is -0.138. The molecule has 0 spiro atoms. The number of rotatable bonds is 7. The Bertz CT molecular complexity index is 1880. The highest BCUT2D eigenvalue weighted by Gasteiger charge is 2.43. The van der Waals surface area contributed by atoms with Gasteiger partial charge in [-0.2, -0.15) is 30.1 Å². The van der Waals surface area contributed by atoms with Gasteiger partial charge in [0, 0.05) is 18.0 Å². The second-order valence-electron chi connectivity index (χ2n) is 9.00. The van der Waals surface area contributed by atoms with Crippen molar-refractivity contribution in [2.45, 2.75) is 29.1 Å². The zero-order valence-corrected chi connectivity index (χ0v) is 24.9. The van der Waals surface area contributed by atoms with E-state index < -0.39 is 74.9 Å². The Labute approximate surface area is 256 Å². The highest BCUT2D eigenvalue weighted by atomic mass is 35.5. The number of benzene rings is 3. The van der Waals surface area contributed by atoms with Gasteiger partial charge >= 0.3 is 12.4 Å². The van der Waals surface area contributed by atoms with Gasteiger partial charge in [0.05, 0.1) is 31.0 Å². The first kappa shape index (κ1) is 33.2. The van der Waals surface area contributed by atoms with Crippen LogP contribution in [0.1, 0.15) is 16.7 Å². The van der Waals surface area contributed by atoms with E-state index in [1.54, 1.807) is 0 Å². The molecule has 0 aliphatic carbocycles. The Morgan fingerprint density at radius 2 is 1.27 bits per heavy atom. The highest BCUT2D eigenvalue weighted by molar-refractivity contribution is 8.10. The number of anilines is 2. The van der Waals surface area contributed by atoms with Gasteiger partial charge in [0.2, 0.25) is 5.88 Å². The summed E-state index contributed by atoms with van der Waals surface area (Å²) in [6, 6.07) is 8.98. The molecular weight excluding hydrogens is 683 g/mol. The Kier molecular flexibility index (Phi) is 8.78. The maximum Gasteiger partial charge on any atom is 0.417 e. The Morgan fingerprint density at radius 3 is 1.73 bits per heavy atom. The number of aryl methyl sites for hydroxylation is 1. The van der Waals surface area contributed by atoms with Crippen LogP contribution in [-0.2, 0) is 32.4 Å². The zero-order valence-electron chi connectivity index (χ0n) is 21.8. The third kappa shape index (κ3) is 6.67. The van der Waals surface area contributed by atoms with E-state index in [1.807, 2.05) is 0 Å². The Hall–Kier alpha value is -3.73. The van der Waals surface area contributed by atoms with Crippen LogP contribution in [0.4, 0.5) is 37.7 Å². The fourth-order valence-electron chi connectivity index (χ4n) is 3.78. The number of sulfonamides is 2. The summed E-state index contributed by atoms with van der Waals surface area (Å²) < 4.78 is 143. The van der Waals surface area contributed by atoms with Crippen molar-refractivity contribution in [1.29, 1.82) is 0 Å². The highest BCUT2D eigenvalue weighted by Crippen LogP contribution is 2.43. The molecule has 0 saturated carbocycles. The third-order valence-electron chi connectivity index (χ3n) is 5.76. The molecule has 234 valence electrons. The number of pyridine rings is 1. The van der Waals surface area contributed by atoms with Gasteiger partial charge in [0.25, 0.3) is 20.0 Å². The number of nitrogens with two attached hydrogens (primary N) is 1. The topological polar surface area (TPSA) is 120 Å². The van der Waals surface area contributed by atoms with Crippen LogP contribution in [0.2, 0.25) is 10.0 Å². The first-order valence-corrected chi connectivity index (χ1v) is 15.4. The Balaban J connectivity index is 2.06. The van der Waals surface area contributed by atoms with Crippen molar-refractivity contribution in [3.05, 3.63) is 99.7 Å². The molecule has 3 aromatic carbocycles. The minimum absolute atomic E-state index is 0.0611. The lowest BCUT2D eigenvalue weighted by Crippen LogP contribution is -2.37. The molecule has 0 unspecified atom stereocenters. The number of halogens is 8.